The molecule has 2 aromatic carbocycles. The molecule has 1 heterocycles. The largest absolute Gasteiger partial charge is 0.451 e. The normalized spacial score (nSPS) is 17.0. The molecule has 0 radical (unpaired) electrons. The van der Waals surface area contributed by atoms with Crippen LogP contribution >= 0.6 is 0 Å². The number of esters is 1. The van der Waals surface area contributed by atoms with Gasteiger partial charge in [-0.25, -0.2) is 13.6 Å². The number of carbonyl (C=O) groups is 3. The summed E-state index contributed by atoms with van der Waals surface area (Å²) >= 11 is 0. The highest BCUT2D eigenvalue weighted by Gasteiger charge is 2.36. The molecule has 6 nitrogen and oxygen atoms in total. The minimum atomic E-state index is -1.19. The van der Waals surface area contributed by atoms with E-state index in [2.05, 4.69) is 5.32 Å². The molecule has 2 aromatic rings. The van der Waals surface area contributed by atoms with Crippen LogP contribution in [0.4, 0.5) is 14.5 Å². The number of hydrogen-bond donors (Lipinski definition) is 1. The smallest absolute Gasteiger partial charge is 0.329 e. The van der Waals surface area contributed by atoms with Gasteiger partial charge in [-0.15, -0.1) is 0 Å². The van der Waals surface area contributed by atoms with Gasteiger partial charge in [0, 0.05) is 11.7 Å². The van der Waals surface area contributed by atoms with Gasteiger partial charge in [-0.3, -0.25) is 9.59 Å². The fraction of sp³-hybridized carbons (Fsp3) is 0.375. The molecule has 0 saturated heterocycles. The lowest BCUT2D eigenvalue weighted by atomic mass is 10.0. The van der Waals surface area contributed by atoms with Crippen molar-refractivity contribution < 1.29 is 27.9 Å². The molecule has 0 fully saturated rings. The van der Waals surface area contributed by atoms with E-state index in [0.29, 0.717) is 6.42 Å². The second-order valence-electron chi connectivity index (χ2n) is 8.26. The molecule has 32 heavy (non-hydrogen) atoms. The minimum absolute atomic E-state index is 0.0920. The Hall–Kier alpha value is -3.29. The Morgan fingerprint density at radius 1 is 1.03 bits per heavy atom. The second kappa shape index (κ2) is 9.46. The molecule has 1 N–H and O–H groups in total. The Labute approximate surface area is 185 Å². The summed E-state index contributed by atoms with van der Waals surface area (Å²) in [5.74, 6) is -4.84. The molecular formula is C24H26F2N2O4. The van der Waals surface area contributed by atoms with Crippen molar-refractivity contribution in [3.05, 3.63) is 65.2 Å². The summed E-state index contributed by atoms with van der Waals surface area (Å²) in [6.45, 7) is 6.67. The molecule has 0 unspecified atom stereocenters. The van der Waals surface area contributed by atoms with Crippen LogP contribution in [0.15, 0.2) is 42.5 Å². The van der Waals surface area contributed by atoms with Crippen molar-refractivity contribution in [2.24, 2.45) is 5.92 Å². The van der Waals surface area contributed by atoms with E-state index in [1.165, 1.54) is 6.92 Å². The van der Waals surface area contributed by atoms with Crippen molar-refractivity contribution >= 4 is 23.5 Å². The summed E-state index contributed by atoms with van der Waals surface area (Å²) in [5, 5.41) is 2.33. The van der Waals surface area contributed by atoms with Crippen molar-refractivity contribution in [3.63, 3.8) is 0 Å². The first-order valence-corrected chi connectivity index (χ1v) is 10.5. The van der Waals surface area contributed by atoms with Gasteiger partial charge in [0.25, 0.3) is 11.8 Å². The van der Waals surface area contributed by atoms with Crippen LogP contribution in [0.25, 0.3) is 0 Å². The van der Waals surface area contributed by atoms with Crippen LogP contribution < -0.4 is 10.2 Å². The van der Waals surface area contributed by atoms with Crippen LogP contribution in [0.2, 0.25) is 0 Å². The van der Waals surface area contributed by atoms with Crippen molar-refractivity contribution in [1.82, 2.24) is 5.32 Å². The van der Waals surface area contributed by atoms with Crippen LogP contribution in [0, 0.1) is 17.6 Å². The molecule has 1 aliphatic heterocycles. The van der Waals surface area contributed by atoms with Gasteiger partial charge in [0.15, 0.2) is 6.10 Å². The Morgan fingerprint density at radius 2 is 1.66 bits per heavy atom. The first-order valence-electron chi connectivity index (χ1n) is 10.5. The number of carbonyl (C=O) groups excluding carboxylic acids is 3. The standard InChI is InChI=1S/C24H26F2N2O4/c1-13(2)21(27-22(29)20-17(25)9-7-10-18(20)26)24(31)32-15(4)23(30)28-14(3)12-16-8-5-6-11-19(16)28/h5-11,13-15,21H,12H2,1-4H3,(H,27,29)/t14-,15+,21-/m0/s1. The van der Waals surface area contributed by atoms with E-state index < -0.39 is 47.1 Å². The highest BCUT2D eigenvalue weighted by Crippen LogP contribution is 2.32. The number of halogens is 2. The van der Waals surface area contributed by atoms with Gasteiger partial charge in [0.1, 0.15) is 23.2 Å². The van der Waals surface area contributed by atoms with Gasteiger partial charge in [0.2, 0.25) is 0 Å². The first-order chi connectivity index (χ1) is 15.1. The Bertz CT molecular complexity index is 1020. The predicted octanol–water partition coefficient (Wildman–Crippen LogP) is 3.63. The van der Waals surface area contributed by atoms with Gasteiger partial charge in [0.05, 0.1) is 0 Å². The molecular weight excluding hydrogens is 418 g/mol. The number of nitrogens with one attached hydrogen (secondary N) is 1. The predicted molar refractivity (Wildman–Crippen MR) is 115 cm³/mol. The number of ether oxygens (including phenoxy) is 1. The lowest BCUT2D eigenvalue weighted by molar-refractivity contribution is -0.156. The van der Waals surface area contributed by atoms with E-state index in [9.17, 15) is 23.2 Å². The molecule has 8 heteroatoms. The quantitative estimate of drug-likeness (QED) is 0.691. The van der Waals surface area contributed by atoms with Crippen molar-refractivity contribution in [1.29, 1.82) is 0 Å². The van der Waals surface area contributed by atoms with Gasteiger partial charge in [-0.2, -0.15) is 0 Å². The Balaban J connectivity index is 1.72. The maximum Gasteiger partial charge on any atom is 0.329 e. The summed E-state index contributed by atoms with van der Waals surface area (Å²) in [6, 6.07) is 9.28. The van der Waals surface area contributed by atoms with Crippen LogP contribution in [-0.2, 0) is 20.7 Å². The zero-order valence-electron chi connectivity index (χ0n) is 18.4. The number of rotatable bonds is 6. The topological polar surface area (TPSA) is 75.7 Å². The average molecular weight is 444 g/mol. The Kier molecular flexibility index (Phi) is 6.91. The molecule has 170 valence electrons. The van der Waals surface area contributed by atoms with Crippen LogP contribution in [0.5, 0.6) is 0 Å². The maximum atomic E-state index is 13.9. The number of fused-ring (bicyclic) bond motifs is 1. The molecule has 0 aromatic heterocycles. The van der Waals surface area contributed by atoms with E-state index in [0.717, 1.165) is 29.4 Å². The fourth-order valence-electron chi connectivity index (χ4n) is 3.82. The summed E-state index contributed by atoms with van der Waals surface area (Å²) in [4.78, 5) is 39.9. The number of amides is 2. The average Bonchev–Trinajstić information content (AvgIpc) is 3.06. The van der Waals surface area contributed by atoms with Crippen LogP contribution in [-0.4, -0.2) is 36.0 Å². The van der Waals surface area contributed by atoms with Gasteiger partial charge >= 0.3 is 5.97 Å². The number of benzene rings is 2. The van der Waals surface area contributed by atoms with Crippen LogP contribution in [0.3, 0.4) is 0 Å². The molecule has 0 saturated carbocycles. The highest BCUT2D eigenvalue weighted by molar-refractivity contribution is 6.01. The maximum absolute atomic E-state index is 13.9. The van der Waals surface area contributed by atoms with Gasteiger partial charge < -0.3 is 15.0 Å². The SMILES string of the molecule is CC(C)[C@H](NC(=O)c1c(F)cccc1F)C(=O)O[C@H](C)C(=O)N1c2ccccc2C[C@@H]1C. The molecule has 3 rings (SSSR count). The van der Waals surface area contributed by atoms with Crippen LogP contribution in [0.1, 0.15) is 43.6 Å². The number of nitrogens with zero attached hydrogens (tertiary/aromatic N) is 1. The third-order valence-corrected chi connectivity index (χ3v) is 5.48. The number of anilines is 1. The molecule has 0 bridgehead atoms. The highest BCUT2D eigenvalue weighted by atomic mass is 19.1. The van der Waals surface area contributed by atoms with E-state index in [4.69, 9.17) is 4.74 Å². The zero-order valence-corrected chi connectivity index (χ0v) is 18.4. The third kappa shape index (κ3) is 4.64. The van der Waals surface area contributed by atoms with E-state index in [-0.39, 0.29) is 11.9 Å². The summed E-state index contributed by atoms with van der Waals surface area (Å²) < 4.78 is 33.2. The van der Waals surface area contributed by atoms with Crippen molar-refractivity contribution in [2.45, 2.75) is 52.3 Å². The summed E-state index contributed by atoms with van der Waals surface area (Å²) in [5.41, 5.74) is 1.03. The lowest BCUT2D eigenvalue weighted by Crippen LogP contribution is -2.49. The molecule has 2 amide bonds. The number of para-hydroxylation sites is 1. The summed E-state index contributed by atoms with van der Waals surface area (Å²) in [6.07, 6.45) is -0.416. The minimum Gasteiger partial charge on any atom is -0.451 e. The van der Waals surface area contributed by atoms with E-state index >= 15 is 0 Å². The lowest BCUT2D eigenvalue weighted by Gasteiger charge is -2.28. The van der Waals surface area contributed by atoms with Crippen molar-refractivity contribution in [3.8, 4) is 0 Å². The van der Waals surface area contributed by atoms with E-state index in [1.54, 1.807) is 18.7 Å². The monoisotopic (exact) mass is 444 g/mol. The van der Waals surface area contributed by atoms with Crippen molar-refractivity contribution in [2.75, 3.05) is 4.90 Å². The van der Waals surface area contributed by atoms with Gasteiger partial charge in [-0.05, 0) is 49.9 Å². The zero-order chi connectivity index (χ0) is 23.6. The van der Waals surface area contributed by atoms with E-state index in [1.807, 2.05) is 31.2 Å². The number of hydrogen-bond acceptors (Lipinski definition) is 4. The second-order valence-corrected chi connectivity index (χ2v) is 8.26. The fourth-order valence-corrected chi connectivity index (χ4v) is 3.82. The summed E-state index contributed by atoms with van der Waals surface area (Å²) in [7, 11) is 0. The molecule has 3 atom stereocenters. The molecule has 0 spiro atoms. The third-order valence-electron chi connectivity index (χ3n) is 5.48. The molecule has 0 aliphatic carbocycles. The Morgan fingerprint density at radius 3 is 2.28 bits per heavy atom. The van der Waals surface area contributed by atoms with Gasteiger partial charge in [-0.1, -0.05) is 38.1 Å². The molecule has 1 aliphatic rings. The first kappa shape index (κ1) is 23.4.